The van der Waals surface area contributed by atoms with E-state index in [0.29, 0.717) is 0 Å². The van der Waals surface area contributed by atoms with Gasteiger partial charge < -0.3 is 14.4 Å². The van der Waals surface area contributed by atoms with Crippen molar-refractivity contribution in [2.45, 2.75) is 27.7 Å². The third-order valence-corrected chi connectivity index (χ3v) is 5.64. The summed E-state index contributed by atoms with van der Waals surface area (Å²) in [5.41, 5.74) is 10.5. The van der Waals surface area contributed by atoms with Gasteiger partial charge in [0.25, 0.3) is 0 Å². The number of hydrogen-bond donors (Lipinski definition) is 0. The topological polar surface area (TPSA) is 103 Å². The molecule has 0 amide bonds. The number of carbonyl (C=O) groups excluding carboxylic acids is 3. The van der Waals surface area contributed by atoms with Crippen LogP contribution >= 0.6 is 9.53 Å². The van der Waals surface area contributed by atoms with Crippen LogP contribution < -0.4 is 0 Å². The van der Waals surface area contributed by atoms with Gasteiger partial charge in [0.15, 0.2) is 0 Å². The maximum absolute atomic E-state index is 7.75. The molecule has 0 aliphatic heterocycles. The van der Waals surface area contributed by atoms with Crippen LogP contribution in [0.3, 0.4) is 0 Å². The van der Waals surface area contributed by atoms with Crippen molar-refractivity contribution in [3.8, 4) is 0 Å². The second-order valence-electron chi connectivity index (χ2n) is 6.92. The summed E-state index contributed by atoms with van der Waals surface area (Å²) >= 11 is 1.19. The van der Waals surface area contributed by atoms with E-state index in [2.05, 4.69) is 70.2 Å². The van der Waals surface area contributed by atoms with E-state index in [9.17, 15) is 0 Å². The van der Waals surface area contributed by atoms with Crippen molar-refractivity contribution in [2.75, 3.05) is 0 Å². The number of hydrogen-bond acceptors (Lipinski definition) is 7. The van der Waals surface area contributed by atoms with Crippen molar-refractivity contribution in [1.82, 2.24) is 19.9 Å². The molecule has 0 radical (unpaired) electrons. The molecule has 176 valence electrons. The molecule has 2 aromatic carbocycles. The van der Waals surface area contributed by atoms with Crippen LogP contribution in [0.5, 0.6) is 0 Å². The fourth-order valence-electron chi connectivity index (χ4n) is 3.82. The fraction of sp³-hybridized carbons (Fsp3) is 0.160. The summed E-state index contributed by atoms with van der Waals surface area (Å²) < 4.78 is 0. The van der Waals surface area contributed by atoms with Crippen LogP contribution in [0, 0.1) is 27.7 Å². The number of halogens is 1. The Kier molecular flexibility index (Phi) is 11.5. The Morgan fingerprint density at radius 1 is 0.559 bits per heavy atom. The van der Waals surface area contributed by atoms with E-state index in [1.807, 2.05) is 12.1 Å². The van der Waals surface area contributed by atoms with Crippen molar-refractivity contribution in [2.24, 2.45) is 0 Å². The van der Waals surface area contributed by atoms with E-state index in [1.54, 1.807) is 12.4 Å². The fourth-order valence-corrected chi connectivity index (χ4v) is 3.82. The first-order valence-electron chi connectivity index (χ1n) is 9.62. The Morgan fingerprint density at radius 3 is 1.21 bits per heavy atom. The second kappa shape index (κ2) is 13.5. The molecule has 0 aliphatic carbocycles. The predicted octanol–water partition coefficient (Wildman–Crippen LogP) is 4.98. The SMILES string of the molecule is Cc1c(C)c(C)c2nc3c4cccnc4c4ncccc4c3nc2c1C.[CH-]=O.[CH-]=O.[CH-]=O.[Cl][Re]. The molecule has 7 nitrogen and oxygen atoms in total. The molecule has 0 saturated heterocycles. The summed E-state index contributed by atoms with van der Waals surface area (Å²) in [4.78, 5) is 42.6. The molecule has 9 heteroatoms. The summed E-state index contributed by atoms with van der Waals surface area (Å²) in [5.74, 6) is 0. The van der Waals surface area contributed by atoms with E-state index in [0.717, 1.165) is 43.9 Å². The molecule has 0 atom stereocenters. The molecule has 5 rings (SSSR count). The van der Waals surface area contributed by atoms with Crippen LogP contribution in [0.15, 0.2) is 36.7 Å². The third kappa shape index (κ3) is 5.00. The molecule has 3 aromatic heterocycles. The van der Waals surface area contributed by atoms with Gasteiger partial charge in [-0.3, -0.25) is 30.3 Å². The summed E-state index contributed by atoms with van der Waals surface area (Å²) in [7, 11) is 4.69. The number of rotatable bonds is 0. The molecule has 0 aliphatic rings. The van der Waals surface area contributed by atoms with Gasteiger partial charge in [0.2, 0.25) is 0 Å². The number of aromatic nitrogens is 4. The van der Waals surface area contributed by atoms with Gasteiger partial charge >= 0.3 is 27.7 Å². The molecule has 34 heavy (non-hydrogen) atoms. The normalized spacial score (nSPS) is 9.59. The summed E-state index contributed by atoms with van der Waals surface area (Å²) in [5, 5.41) is 2.00. The van der Waals surface area contributed by atoms with Gasteiger partial charge in [-0.2, -0.15) is 0 Å². The summed E-state index contributed by atoms with van der Waals surface area (Å²) in [6, 6.07) is 8.01. The van der Waals surface area contributed by atoms with Crippen LogP contribution in [0.1, 0.15) is 22.3 Å². The average molecular weight is 647 g/mol. The molecular formula is C25H21ClN4O3Re-3. The number of fused-ring (bicyclic) bond motifs is 7. The molecule has 5 aromatic rings. The number of pyridine rings is 2. The van der Waals surface area contributed by atoms with Gasteiger partial charge in [-0.1, -0.05) is 0 Å². The van der Waals surface area contributed by atoms with Gasteiger partial charge in [0.1, 0.15) is 0 Å². The van der Waals surface area contributed by atoms with E-state index in [-0.39, 0.29) is 0 Å². The van der Waals surface area contributed by atoms with E-state index in [1.165, 1.54) is 40.4 Å². The number of nitrogens with zero attached hydrogens (tertiary/aromatic N) is 4. The first-order chi connectivity index (χ1) is 16.6. The van der Waals surface area contributed by atoms with Crippen molar-refractivity contribution in [3.05, 3.63) is 58.9 Å². The minimum absolute atomic E-state index is 0.877. The Bertz CT molecular complexity index is 1340. The average Bonchev–Trinajstić information content (AvgIpc) is 2.94. The van der Waals surface area contributed by atoms with Crippen molar-refractivity contribution in [1.29, 1.82) is 0 Å². The summed E-state index contributed by atoms with van der Waals surface area (Å²) in [6.07, 6.45) is 3.61. The molecule has 0 fully saturated rings. The molecule has 0 spiro atoms. The first kappa shape index (κ1) is 28.9. The van der Waals surface area contributed by atoms with E-state index >= 15 is 0 Å². The van der Waals surface area contributed by atoms with Crippen molar-refractivity contribution in [3.63, 3.8) is 0 Å². The van der Waals surface area contributed by atoms with Gasteiger partial charge in [-0.25, -0.2) is 9.97 Å². The zero-order valence-electron chi connectivity index (χ0n) is 19.0. The van der Waals surface area contributed by atoms with Crippen LogP contribution in [-0.4, -0.2) is 40.3 Å². The first-order valence-corrected chi connectivity index (χ1v) is 13.0. The Hall–Kier alpha value is -3.18. The predicted molar refractivity (Wildman–Crippen MR) is 133 cm³/mol. The van der Waals surface area contributed by atoms with E-state index < -0.39 is 0 Å². The van der Waals surface area contributed by atoms with Crippen LogP contribution in [-0.2, 0) is 32.6 Å². The Balaban J connectivity index is 0.000000659. The van der Waals surface area contributed by atoms with Gasteiger partial charge in [-0.15, -0.1) is 0 Å². The summed E-state index contributed by atoms with van der Waals surface area (Å²) in [6.45, 7) is 18.3. The monoisotopic (exact) mass is 647 g/mol. The van der Waals surface area contributed by atoms with Gasteiger partial charge in [0, 0.05) is 23.2 Å². The number of benzene rings is 2. The number of aryl methyl sites for hydroxylation is 2. The quantitative estimate of drug-likeness (QED) is 0.101. The molecule has 0 N–H and O–H groups in total. The Morgan fingerprint density at radius 2 is 0.882 bits per heavy atom. The van der Waals surface area contributed by atoms with Crippen molar-refractivity contribution < 1.29 is 32.6 Å². The van der Waals surface area contributed by atoms with E-state index in [4.69, 9.17) is 33.9 Å². The third-order valence-electron chi connectivity index (χ3n) is 5.64. The van der Waals surface area contributed by atoms with Crippen LogP contribution in [0.25, 0.3) is 43.9 Å². The molecule has 0 unspecified atom stereocenters. The maximum atomic E-state index is 7.75. The second-order valence-corrected chi connectivity index (χ2v) is 6.92. The molecule has 0 saturated carbocycles. The standard InChI is InChI=1S/C22H18N4.3CHO.ClH.Re/c1-11-12(2)14(4)18-17(13(11)3)25-21-15-7-5-9-23-19(15)20-16(22(21)26-18)8-6-10-24-20;3*1-2;;/h5-10H,1-4H3;3*1H;1H;/q;3*-1;;+1/p-1. The molecular weight excluding hydrogens is 626 g/mol. The Labute approximate surface area is 212 Å². The zero-order valence-corrected chi connectivity index (χ0v) is 22.4. The zero-order chi connectivity index (χ0) is 26.0. The van der Waals surface area contributed by atoms with Gasteiger partial charge in [-0.05, 0) is 74.2 Å². The minimum atomic E-state index is 0.877. The molecule has 3 heterocycles. The van der Waals surface area contributed by atoms with Crippen LogP contribution in [0.4, 0.5) is 0 Å². The van der Waals surface area contributed by atoms with Crippen molar-refractivity contribution >= 4 is 73.8 Å². The van der Waals surface area contributed by atoms with Gasteiger partial charge in [0.05, 0.1) is 33.1 Å². The molecule has 0 bridgehead atoms. The van der Waals surface area contributed by atoms with Crippen LogP contribution in [0.2, 0.25) is 0 Å².